The van der Waals surface area contributed by atoms with Crippen molar-refractivity contribution in [1.29, 1.82) is 0 Å². The quantitative estimate of drug-likeness (QED) is 0.667. The lowest BCUT2D eigenvalue weighted by Gasteiger charge is -2.11. The molecule has 0 radical (unpaired) electrons. The van der Waals surface area contributed by atoms with Crippen molar-refractivity contribution in [2.75, 3.05) is 20.3 Å². The third-order valence-corrected chi connectivity index (χ3v) is 4.00. The molecule has 5 nitrogen and oxygen atoms in total. The maximum absolute atomic E-state index is 11.4. The highest BCUT2D eigenvalue weighted by Crippen LogP contribution is 2.29. The number of ether oxygens (including phenoxy) is 3. The molecule has 6 heteroatoms. The Morgan fingerprint density at radius 2 is 2.04 bits per heavy atom. The number of rotatable bonds is 8. The first-order valence-corrected chi connectivity index (χ1v) is 8.61. The zero-order valence-electron chi connectivity index (χ0n) is 14.1. The third kappa shape index (κ3) is 4.83. The average molecular weight is 347 g/mol. The van der Waals surface area contributed by atoms with Crippen molar-refractivity contribution in [2.24, 2.45) is 0 Å². The molecular formula is C18H21NO4S. The van der Waals surface area contributed by atoms with Gasteiger partial charge in [-0.25, -0.2) is 9.78 Å². The van der Waals surface area contributed by atoms with Crippen LogP contribution in [0, 0.1) is 0 Å². The van der Waals surface area contributed by atoms with Gasteiger partial charge < -0.3 is 14.2 Å². The molecule has 2 aromatic rings. The number of aromatic nitrogens is 1. The molecule has 0 saturated carbocycles. The van der Waals surface area contributed by atoms with Gasteiger partial charge in [-0.3, -0.25) is 0 Å². The molecule has 128 valence electrons. The van der Waals surface area contributed by atoms with Crippen LogP contribution in [-0.4, -0.2) is 31.3 Å². The van der Waals surface area contributed by atoms with Crippen LogP contribution in [-0.2, 0) is 4.74 Å². The van der Waals surface area contributed by atoms with Gasteiger partial charge in [0.2, 0.25) is 0 Å². The fourth-order valence-electron chi connectivity index (χ4n) is 1.96. The second-order valence-corrected chi connectivity index (χ2v) is 5.94. The second-order valence-electron chi connectivity index (χ2n) is 4.88. The van der Waals surface area contributed by atoms with Crippen LogP contribution in [0.25, 0.3) is 12.2 Å². The predicted octanol–water partition coefficient (Wildman–Crippen LogP) is 4.29. The molecule has 0 unspecified atom stereocenters. The number of carbonyl (C=O) groups excluding carboxylic acids is 1. The number of nitrogens with zero attached hydrogens (tertiary/aromatic N) is 1. The van der Waals surface area contributed by atoms with Crippen molar-refractivity contribution in [3.05, 3.63) is 39.8 Å². The molecule has 0 spiro atoms. The lowest BCUT2D eigenvalue weighted by molar-refractivity contribution is 0.0606. The van der Waals surface area contributed by atoms with Crippen molar-refractivity contribution in [1.82, 2.24) is 4.98 Å². The van der Waals surface area contributed by atoms with Gasteiger partial charge in [-0.2, -0.15) is 0 Å². The Labute approximate surface area is 145 Å². The van der Waals surface area contributed by atoms with Crippen molar-refractivity contribution in [3.8, 4) is 11.5 Å². The number of carbonyl (C=O) groups is 1. The highest BCUT2D eigenvalue weighted by atomic mass is 32.1. The summed E-state index contributed by atoms with van der Waals surface area (Å²) in [7, 11) is 1.36. The summed E-state index contributed by atoms with van der Waals surface area (Å²) in [6, 6.07) is 5.79. The molecule has 1 aromatic heterocycles. The van der Waals surface area contributed by atoms with Gasteiger partial charge in [-0.1, -0.05) is 19.1 Å². The number of hydrogen-bond donors (Lipinski definition) is 0. The van der Waals surface area contributed by atoms with Gasteiger partial charge in [0, 0.05) is 0 Å². The Kier molecular flexibility index (Phi) is 6.81. The van der Waals surface area contributed by atoms with Crippen LogP contribution in [0.4, 0.5) is 0 Å². The van der Waals surface area contributed by atoms with E-state index in [1.54, 1.807) is 0 Å². The summed E-state index contributed by atoms with van der Waals surface area (Å²) in [5.74, 6) is 1.10. The Bertz CT molecular complexity index is 709. The molecule has 0 aliphatic carbocycles. The van der Waals surface area contributed by atoms with Gasteiger partial charge in [-0.15, -0.1) is 11.3 Å². The highest BCUT2D eigenvalue weighted by Gasteiger charge is 2.09. The van der Waals surface area contributed by atoms with Crippen molar-refractivity contribution < 1.29 is 19.0 Å². The standard InChI is InChI=1S/C18H21NO4S/c1-4-10-23-14-8-6-13(11-15(14)22-5-2)7-9-17-19-12-16(24-17)18(20)21-3/h6-9,11-12H,4-5,10H2,1-3H3/b9-7+. The van der Waals surface area contributed by atoms with Gasteiger partial charge in [-0.05, 0) is 37.1 Å². The Balaban J connectivity index is 2.15. The Morgan fingerprint density at radius 3 is 2.75 bits per heavy atom. The minimum atomic E-state index is -0.372. The maximum atomic E-state index is 11.4. The zero-order valence-corrected chi connectivity index (χ0v) is 14.9. The number of methoxy groups -OCH3 is 1. The number of esters is 1. The van der Waals surface area contributed by atoms with E-state index in [0.29, 0.717) is 18.1 Å². The number of hydrogen-bond acceptors (Lipinski definition) is 6. The van der Waals surface area contributed by atoms with Crippen molar-refractivity contribution in [2.45, 2.75) is 20.3 Å². The van der Waals surface area contributed by atoms with Crippen LogP contribution in [0.3, 0.4) is 0 Å². The molecule has 0 aliphatic rings. The van der Waals surface area contributed by atoms with Crippen LogP contribution in [0.1, 0.15) is 40.5 Å². The molecule has 0 bridgehead atoms. The first kappa shape index (κ1) is 18.0. The minimum Gasteiger partial charge on any atom is -0.490 e. The van der Waals surface area contributed by atoms with Gasteiger partial charge >= 0.3 is 5.97 Å². The van der Waals surface area contributed by atoms with E-state index in [1.807, 2.05) is 37.3 Å². The van der Waals surface area contributed by atoms with E-state index in [0.717, 1.165) is 28.5 Å². The normalized spacial score (nSPS) is 10.8. The second kappa shape index (κ2) is 9.08. The van der Waals surface area contributed by atoms with E-state index >= 15 is 0 Å². The SMILES string of the molecule is CCCOc1ccc(/C=C/c2ncc(C(=O)OC)s2)cc1OCC. The average Bonchev–Trinajstić information content (AvgIpc) is 3.07. The van der Waals surface area contributed by atoms with E-state index in [9.17, 15) is 4.79 Å². The van der Waals surface area contributed by atoms with E-state index in [-0.39, 0.29) is 5.97 Å². The predicted molar refractivity (Wildman–Crippen MR) is 95.8 cm³/mol. The van der Waals surface area contributed by atoms with Crippen LogP contribution in [0.15, 0.2) is 24.4 Å². The van der Waals surface area contributed by atoms with E-state index in [2.05, 4.69) is 16.6 Å². The molecule has 24 heavy (non-hydrogen) atoms. The number of thiazole rings is 1. The number of benzene rings is 1. The molecule has 0 fully saturated rings. The van der Waals surface area contributed by atoms with E-state index < -0.39 is 0 Å². The molecule has 0 aliphatic heterocycles. The van der Waals surface area contributed by atoms with Crippen LogP contribution >= 0.6 is 11.3 Å². The Hall–Kier alpha value is -2.34. The summed E-state index contributed by atoms with van der Waals surface area (Å²) in [6.45, 7) is 5.24. The lowest BCUT2D eigenvalue weighted by Crippen LogP contribution is -2.00. The van der Waals surface area contributed by atoms with Gasteiger partial charge in [0.15, 0.2) is 11.5 Å². The molecule has 0 N–H and O–H groups in total. The molecule has 1 aromatic carbocycles. The smallest absolute Gasteiger partial charge is 0.349 e. The minimum absolute atomic E-state index is 0.372. The zero-order chi connectivity index (χ0) is 17.4. The maximum Gasteiger partial charge on any atom is 0.349 e. The first-order valence-electron chi connectivity index (χ1n) is 7.79. The van der Waals surface area contributed by atoms with Crippen LogP contribution < -0.4 is 9.47 Å². The summed E-state index contributed by atoms with van der Waals surface area (Å²) in [5.41, 5.74) is 0.970. The fourth-order valence-corrected chi connectivity index (χ4v) is 2.69. The van der Waals surface area contributed by atoms with Gasteiger partial charge in [0.25, 0.3) is 0 Å². The fraction of sp³-hybridized carbons (Fsp3) is 0.333. The summed E-state index contributed by atoms with van der Waals surface area (Å²) >= 11 is 1.29. The molecule has 0 atom stereocenters. The third-order valence-electron chi connectivity index (χ3n) is 3.06. The molecular weight excluding hydrogens is 326 g/mol. The topological polar surface area (TPSA) is 57.7 Å². The van der Waals surface area contributed by atoms with Crippen molar-refractivity contribution in [3.63, 3.8) is 0 Å². The van der Waals surface area contributed by atoms with Gasteiger partial charge in [0.1, 0.15) is 9.88 Å². The van der Waals surface area contributed by atoms with Crippen LogP contribution in [0.2, 0.25) is 0 Å². The summed E-state index contributed by atoms with van der Waals surface area (Å²) < 4.78 is 16.0. The molecule has 0 saturated heterocycles. The Morgan fingerprint density at radius 1 is 1.21 bits per heavy atom. The lowest BCUT2D eigenvalue weighted by atomic mass is 10.2. The van der Waals surface area contributed by atoms with Gasteiger partial charge in [0.05, 0.1) is 26.5 Å². The summed E-state index contributed by atoms with van der Waals surface area (Å²) in [4.78, 5) is 16.1. The van der Waals surface area contributed by atoms with E-state index in [1.165, 1.54) is 24.6 Å². The molecule has 2 rings (SSSR count). The molecule has 0 amide bonds. The summed E-state index contributed by atoms with van der Waals surface area (Å²) in [5, 5.41) is 0.736. The van der Waals surface area contributed by atoms with E-state index in [4.69, 9.17) is 9.47 Å². The first-order chi connectivity index (χ1) is 11.7. The largest absolute Gasteiger partial charge is 0.490 e. The van der Waals surface area contributed by atoms with Crippen LogP contribution in [0.5, 0.6) is 11.5 Å². The highest BCUT2D eigenvalue weighted by molar-refractivity contribution is 7.14. The summed E-state index contributed by atoms with van der Waals surface area (Å²) in [6.07, 6.45) is 6.24. The van der Waals surface area contributed by atoms with Crippen molar-refractivity contribution >= 4 is 29.5 Å². The monoisotopic (exact) mass is 347 g/mol. The molecule has 1 heterocycles.